The lowest BCUT2D eigenvalue weighted by Gasteiger charge is -2.40. The molecule has 8 heteroatoms. The van der Waals surface area contributed by atoms with E-state index in [1.807, 2.05) is 25.7 Å². The van der Waals surface area contributed by atoms with Crippen molar-refractivity contribution in [3.8, 4) is 0 Å². The fourth-order valence-electron chi connectivity index (χ4n) is 4.00. The lowest BCUT2D eigenvalue weighted by atomic mass is 9.79. The molecule has 2 N–H and O–H groups in total. The van der Waals surface area contributed by atoms with Crippen LogP contribution in [0.2, 0.25) is 0 Å². The van der Waals surface area contributed by atoms with Gasteiger partial charge in [-0.05, 0) is 26.7 Å². The summed E-state index contributed by atoms with van der Waals surface area (Å²) >= 11 is 0. The molecule has 1 aromatic rings. The third kappa shape index (κ3) is 4.09. The third-order valence-corrected chi connectivity index (χ3v) is 5.45. The molecule has 2 fully saturated rings. The number of carbonyl (C=O) groups excluding carboxylic acids is 1. The van der Waals surface area contributed by atoms with Gasteiger partial charge in [0.1, 0.15) is 0 Å². The Kier molecular flexibility index (Phi) is 6.34. The van der Waals surface area contributed by atoms with Crippen LogP contribution in [-0.2, 0) is 18.4 Å². The standard InChI is InChI=1S/C17H28N6O.HI/c1-12-14(13(2)22(4)21-12)9-19-16(18-3)23-7-5-6-17(11-23)8-15(24)20-10-17;/h5-11H2,1-4H3,(H,18,19)(H,20,24);1H. The molecule has 0 bridgehead atoms. The number of rotatable bonds is 2. The maximum absolute atomic E-state index is 11.7. The zero-order chi connectivity index (χ0) is 17.3. The van der Waals surface area contributed by atoms with Crippen LogP contribution in [0.1, 0.15) is 36.2 Å². The number of piperidine rings is 1. The first kappa shape index (κ1) is 20.0. The topological polar surface area (TPSA) is 74.6 Å². The third-order valence-electron chi connectivity index (χ3n) is 5.45. The molecule has 3 heterocycles. The van der Waals surface area contributed by atoms with Gasteiger partial charge in [0.05, 0.1) is 5.69 Å². The molecule has 3 rings (SSSR count). The number of hydrogen-bond donors (Lipinski definition) is 2. The van der Waals surface area contributed by atoms with E-state index in [-0.39, 0.29) is 35.3 Å². The van der Waals surface area contributed by atoms with Crippen LogP contribution >= 0.6 is 24.0 Å². The predicted octanol–water partition coefficient (Wildman–Crippen LogP) is 1.33. The van der Waals surface area contributed by atoms with Gasteiger partial charge >= 0.3 is 0 Å². The molecule has 1 atom stereocenters. The molecule has 2 aliphatic rings. The summed E-state index contributed by atoms with van der Waals surface area (Å²) in [6.07, 6.45) is 2.85. The quantitative estimate of drug-likeness (QED) is 0.397. The average Bonchev–Trinajstić information content (AvgIpc) is 3.01. The zero-order valence-corrected chi connectivity index (χ0v) is 17.9. The minimum absolute atomic E-state index is 0. The second kappa shape index (κ2) is 7.92. The van der Waals surface area contributed by atoms with Gasteiger partial charge in [0, 0.05) is 63.4 Å². The van der Waals surface area contributed by atoms with Crippen molar-refractivity contribution in [1.82, 2.24) is 25.3 Å². The van der Waals surface area contributed by atoms with Gasteiger partial charge in [-0.25, -0.2) is 0 Å². The summed E-state index contributed by atoms with van der Waals surface area (Å²) in [4.78, 5) is 18.4. The second-order valence-corrected chi connectivity index (χ2v) is 7.15. The Morgan fingerprint density at radius 1 is 1.44 bits per heavy atom. The van der Waals surface area contributed by atoms with E-state index in [0.717, 1.165) is 50.7 Å². The van der Waals surface area contributed by atoms with Crippen LogP contribution in [0.15, 0.2) is 4.99 Å². The highest BCUT2D eigenvalue weighted by Gasteiger charge is 2.42. The molecular formula is C17H29IN6O. The SMILES string of the molecule is CN=C(NCc1c(C)nn(C)c1C)N1CCCC2(CNC(=O)C2)C1.I. The predicted molar refractivity (Wildman–Crippen MR) is 109 cm³/mol. The van der Waals surface area contributed by atoms with Gasteiger partial charge in [0.2, 0.25) is 5.91 Å². The summed E-state index contributed by atoms with van der Waals surface area (Å²) < 4.78 is 1.92. The Hall–Kier alpha value is -1.32. The van der Waals surface area contributed by atoms with Crippen LogP contribution in [0.4, 0.5) is 0 Å². The number of guanidine groups is 1. The van der Waals surface area contributed by atoms with E-state index in [9.17, 15) is 4.79 Å². The molecule has 1 spiro atoms. The minimum Gasteiger partial charge on any atom is -0.355 e. The Bertz CT molecular complexity index is 670. The number of nitrogens with zero attached hydrogens (tertiary/aromatic N) is 4. The number of aliphatic imine (C=N–C) groups is 1. The van der Waals surface area contributed by atoms with E-state index in [4.69, 9.17) is 0 Å². The van der Waals surface area contributed by atoms with Gasteiger partial charge in [-0.2, -0.15) is 5.10 Å². The summed E-state index contributed by atoms with van der Waals surface area (Å²) in [5, 5.41) is 11.0. The molecule has 2 saturated heterocycles. The Morgan fingerprint density at radius 3 is 2.76 bits per heavy atom. The molecule has 25 heavy (non-hydrogen) atoms. The number of halogens is 1. The number of aryl methyl sites for hydroxylation is 2. The van der Waals surface area contributed by atoms with E-state index in [1.165, 1.54) is 11.3 Å². The van der Waals surface area contributed by atoms with Crippen LogP contribution in [-0.4, -0.2) is 53.2 Å². The smallest absolute Gasteiger partial charge is 0.220 e. The van der Waals surface area contributed by atoms with Crippen molar-refractivity contribution in [2.75, 3.05) is 26.7 Å². The highest BCUT2D eigenvalue weighted by atomic mass is 127. The number of nitrogens with one attached hydrogen (secondary N) is 2. The van der Waals surface area contributed by atoms with Crippen LogP contribution in [0, 0.1) is 19.3 Å². The number of aromatic nitrogens is 2. The molecule has 0 radical (unpaired) electrons. The summed E-state index contributed by atoms with van der Waals surface area (Å²) in [6.45, 7) is 7.51. The zero-order valence-electron chi connectivity index (χ0n) is 15.6. The normalized spacial score (nSPS) is 23.6. The van der Waals surface area contributed by atoms with Crippen LogP contribution < -0.4 is 10.6 Å². The minimum atomic E-state index is 0. The summed E-state index contributed by atoms with van der Waals surface area (Å²) in [5.74, 6) is 1.09. The average molecular weight is 460 g/mol. The molecule has 1 amide bonds. The van der Waals surface area contributed by atoms with E-state index < -0.39 is 0 Å². The summed E-state index contributed by atoms with van der Waals surface area (Å²) in [7, 11) is 3.80. The molecule has 2 aliphatic heterocycles. The van der Waals surface area contributed by atoms with Crippen molar-refractivity contribution in [3.05, 3.63) is 17.0 Å². The Morgan fingerprint density at radius 2 is 2.20 bits per heavy atom. The largest absolute Gasteiger partial charge is 0.355 e. The second-order valence-electron chi connectivity index (χ2n) is 7.15. The maximum atomic E-state index is 11.7. The van der Waals surface area contributed by atoms with Crippen molar-refractivity contribution < 1.29 is 4.79 Å². The van der Waals surface area contributed by atoms with E-state index in [2.05, 4.69) is 32.5 Å². The first-order valence-corrected chi connectivity index (χ1v) is 8.65. The van der Waals surface area contributed by atoms with Gasteiger partial charge in [0.25, 0.3) is 0 Å². The first-order valence-electron chi connectivity index (χ1n) is 8.65. The van der Waals surface area contributed by atoms with Gasteiger partial charge in [-0.3, -0.25) is 14.5 Å². The molecule has 0 aliphatic carbocycles. The van der Waals surface area contributed by atoms with Crippen molar-refractivity contribution in [3.63, 3.8) is 0 Å². The molecule has 1 aromatic heterocycles. The van der Waals surface area contributed by atoms with E-state index in [1.54, 1.807) is 0 Å². The number of amides is 1. The van der Waals surface area contributed by atoms with Gasteiger partial charge in [0.15, 0.2) is 5.96 Å². The van der Waals surface area contributed by atoms with Crippen molar-refractivity contribution in [2.45, 2.75) is 39.7 Å². The molecule has 0 aromatic carbocycles. The summed E-state index contributed by atoms with van der Waals surface area (Å²) in [6, 6.07) is 0. The highest BCUT2D eigenvalue weighted by Crippen LogP contribution is 2.36. The molecule has 140 valence electrons. The number of likely N-dealkylation sites (tertiary alicyclic amines) is 1. The van der Waals surface area contributed by atoms with Crippen molar-refractivity contribution in [1.29, 1.82) is 0 Å². The van der Waals surface area contributed by atoms with Gasteiger partial charge < -0.3 is 15.5 Å². The molecule has 0 saturated carbocycles. The van der Waals surface area contributed by atoms with Crippen LogP contribution in [0.3, 0.4) is 0 Å². The first-order chi connectivity index (χ1) is 11.4. The Balaban J connectivity index is 0.00000225. The van der Waals surface area contributed by atoms with E-state index in [0.29, 0.717) is 6.42 Å². The van der Waals surface area contributed by atoms with Gasteiger partial charge in [-0.1, -0.05) is 0 Å². The van der Waals surface area contributed by atoms with Crippen LogP contribution in [0.25, 0.3) is 0 Å². The van der Waals surface area contributed by atoms with E-state index >= 15 is 0 Å². The molecule has 7 nitrogen and oxygen atoms in total. The molecule has 1 unspecified atom stereocenters. The van der Waals surface area contributed by atoms with Crippen molar-refractivity contribution >= 4 is 35.8 Å². The molecular weight excluding hydrogens is 431 g/mol. The highest BCUT2D eigenvalue weighted by molar-refractivity contribution is 14.0. The monoisotopic (exact) mass is 460 g/mol. The van der Waals surface area contributed by atoms with Gasteiger partial charge in [-0.15, -0.1) is 24.0 Å². The fraction of sp³-hybridized carbons (Fsp3) is 0.706. The number of hydrogen-bond acceptors (Lipinski definition) is 3. The Labute approximate surface area is 166 Å². The fourth-order valence-corrected chi connectivity index (χ4v) is 4.00. The van der Waals surface area contributed by atoms with Crippen molar-refractivity contribution in [2.24, 2.45) is 17.5 Å². The lowest BCUT2D eigenvalue weighted by Crippen LogP contribution is -2.51. The number of carbonyl (C=O) groups is 1. The van der Waals surface area contributed by atoms with Crippen LogP contribution in [0.5, 0.6) is 0 Å². The lowest BCUT2D eigenvalue weighted by molar-refractivity contribution is -0.119. The summed E-state index contributed by atoms with van der Waals surface area (Å²) in [5.41, 5.74) is 3.53. The maximum Gasteiger partial charge on any atom is 0.220 e.